The Morgan fingerprint density at radius 1 is 0.680 bits per heavy atom. The van der Waals surface area contributed by atoms with Crippen LogP contribution < -0.4 is 0 Å². The Balaban J connectivity index is 6.26. The minimum Gasteiger partial charge on any atom is -0.387 e. The monoisotopic (exact) mass is 380 g/mol. The van der Waals surface area contributed by atoms with Crippen LogP contribution in [0.2, 0.25) is 26.2 Å². The third kappa shape index (κ3) is 8.49. The summed E-state index contributed by atoms with van der Waals surface area (Å²) in [6.07, 6.45) is 5.44. The molecule has 0 aliphatic rings. The summed E-state index contributed by atoms with van der Waals surface area (Å²) in [4.78, 5) is 0. The maximum atomic E-state index is 6.78. The molecule has 0 saturated heterocycles. The average Bonchev–Trinajstić information content (AvgIpc) is 2.45. The molecular formula is C21H40O2Si2. The lowest BCUT2D eigenvalue weighted by atomic mass is 9.78. The lowest BCUT2D eigenvalue weighted by Gasteiger charge is -2.48. The molecule has 0 aromatic heterocycles. The summed E-state index contributed by atoms with van der Waals surface area (Å²) in [7, 11) is -4.18. The van der Waals surface area contributed by atoms with E-state index >= 15 is 0 Å². The Hall–Kier alpha value is -0.686. The largest absolute Gasteiger partial charge is 0.387 e. The van der Waals surface area contributed by atoms with E-state index in [-0.39, 0.29) is 10.8 Å². The van der Waals surface area contributed by atoms with Crippen LogP contribution in [-0.4, -0.2) is 22.4 Å². The zero-order valence-corrected chi connectivity index (χ0v) is 19.9. The van der Waals surface area contributed by atoms with Crippen molar-refractivity contribution < 1.29 is 8.85 Å². The van der Waals surface area contributed by atoms with Gasteiger partial charge in [0.2, 0.25) is 16.6 Å². The van der Waals surface area contributed by atoms with Crippen LogP contribution in [0, 0.1) is 10.8 Å². The van der Waals surface area contributed by atoms with E-state index in [1.54, 1.807) is 0 Å². The van der Waals surface area contributed by atoms with E-state index in [9.17, 15) is 0 Å². The van der Waals surface area contributed by atoms with Crippen LogP contribution >= 0.6 is 0 Å². The van der Waals surface area contributed by atoms with Crippen molar-refractivity contribution in [1.29, 1.82) is 0 Å². The van der Waals surface area contributed by atoms with E-state index in [0.717, 1.165) is 12.8 Å². The molecular weight excluding hydrogens is 340 g/mol. The fraction of sp³-hybridized carbons (Fsp3) is 0.619. The summed E-state index contributed by atoms with van der Waals surface area (Å²) >= 11 is 0. The van der Waals surface area contributed by atoms with Crippen molar-refractivity contribution in [2.45, 2.75) is 72.5 Å². The van der Waals surface area contributed by atoms with E-state index in [1.165, 1.54) is 0 Å². The summed E-state index contributed by atoms with van der Waals surface area (Å²) in [6.45, 7) is 33.3. The van der Waals surface area contributed by atoms with Crippen LogP contribution in [0.5, 0.6) is 0 Å². The molecule has 144 valence electrons. The zero-order chi connectivity index (χ0) is 20.2. The van der Waals surface area contributed by atoms with Crippen molar-refractivity contribution in [2.75, 3.05) is 0 Å². The minimum atomic E-state index is -2.09. The Labute approximate surface area is 159 Å². The molecule has 0 aromatic rings. The Bertz CT molecular complexity index is 409. The van der Waals surface area contributed by atoms with Crippen molar-refractivity contribution in [2.24, 2.45) is 10.8 Å². The highest BCUT2D eigenvalue weighted by molar-refractivity contribution is 6.77. The maximum absolute atomic E-state index is 6.78. The molecule has 2 nitrogen and oxygen atoms in total. The van der Waals surface area contributed by atoms with Crippen LogP contribution in [0.1, 0.15) is 40.5 Å². The molecule has 0 radical (unpaired) electrons. The highest BCUT2D eigenvalue weighted by Gasteiger charge is 2.47. The van der Waals surface area contributed by atoms with Crippen molar-refractivity contribution in [3.8, 4) is 0 Å². The number of hydrogen-bond donors (Lipinski definition) is 0. The Morgan fingerprint density at radius 3 is 1.16 bits per heavy atom. The SMILES string of the molecule is C=CC(C)(C)CC(CC(C)(C)C=C)(O[Si](C)(C)C=C)O[Si](C)(C)C=C. The highest BCUT2D eigenvalue weighted by atomic mass is 28.4. The predicted octanol–water partition coefficient (Wildman–Crippen LogP) is 6.78. The highest BCUT2D eigenvalue weighted by Crippen LogP contribution is 2.44. The van der Waals surface area contributed by atoms with Gasteiger partial charge in [0, 0.05) is 12.8 Å². The fourth-order valence-corrected chi connectivity index (χ4v) is 5.34. The van der Waals surface area contributed by atoms with Gasteiger partial charge >= 0.3 is 0 Å². The van der Waals surface area contributed by atoms with E-state index in [4.69, 9.17) is 8.85 Å². The first kappa shape index (κ1) is 24.3. The molecule has 25 heavy (non-hydrogen) atoms. The van der Waals surface area contributed by atoms with Crippen molar-refractivity contribution in [3.05, 3.63) is 49.9 Å². The second-order valence-electron chi connectivity index (χ2n) is 9.47. The van der Waals surface area contributed by atoms with E-state index in [0.29, 0.717) is 0 Å². The second-order valence-corrected chi connectivity index (χ2v) is 17.1. The van der Waals surface area contributed by atoms with Crippen molar-refractivity contribution >= 4 is 16.6 Å². The van der Waals surface area contributed by atoms with E-state index in [2.05, 4.69) is 80.2 Å². The van der Waals surface area contributed by atoms with Gasteiger partial charge in [0.25, 0.3) is 0 Å². The van der Waals surface area contributed by atoms with Gasteiger partial charge in [-0.25, -0.2) is 0 Å². The van der Waals surface area contributed by atoms with Gasteiger partial charge in [-0.3, -0.25) is 0 Å². The van der Waals surface area contributed by atoms with Crippen LogP contribution in [0.25, 0.3) is 0 Å². The molecule has 0 saturated carbocycles. The van der Waals surface area contributed by atoms with E-state index < -0.39 is 22.4 Å². The first-order valence-corrected chi connectivity index (χ1v) is 15.0. The topological polar surface area (TPSA) is 18.5 Å². The van der Waals surface area contributed by atoms with Crippen molar-refractivity contribution in [1.82, 2.24) is 0 Å². The van der Waals surface area contributed by atoms with Gasteiger partial charge in [0.1, 0.15) is 0 Å². The molecule has 0 fully saturated rings. The quantitative estimate of drug-likeness (QED) is 0.211. The smallest absolute Gasteiger partial charge is 0.214 e. The molecule has 0 aliphatic carbocycles. The standard InChI is InChI=1S/C21H40O2Si2/c1-13-19(5,6)17-21(18-20(7,8)14-2,22-24(9,10)15-3)23-25(11,12)16-4/h13-16H,1-4,17-18H2,5-12H3. The van der Waals surface area contributed by atoms with Gasteiger partial charge in [-0.15, -0.1) is 26.3 Å². The van der Waals surface area contributed by atoms with Crippen LogP contribution in [0.15, 0.2) is 49.9 Å². The van der Waals surface area contributed by atoms with Crippen LogP contribution in [-0.2, 0) is 8.85 Å². The van der Waals surface area contributed by atoms with Gasteiger partial charge < -0.3 is 8.85 Å². The fourth-order valence-electron chi connectivity index (χ4n) is 2.80. The normalized spacial score (nSPS) is 14.1. The van der Waals surface area contributed by atoms with E-state index in [1.807, 2.05) is 23.6 Å². The molecule has 4 heteroatoms. The molecule has 0 rings (SSSR count). The number of hydrogen-bond acceptors (Lipinski definition) is 2. The molecule has 0 unspecified atom stereocenters. The molecule has 0 spiro atoms. The molecule has 0 aromatic carbocycles. The summed E-state index contributed by atoms with van der Waals surface area (Å²) in [6, 6.07) is 0. The molecule has 0 heterocycles. The van der Waals surface area contributed by atoms with Gasteiger partial charge in [0.15, 0.2) is 5.79 Å². The van der Waals surface area contributed by atoms with Gasteiger partial charge in [-0.1, -0.05) is 51.2 Å². The van der Waals surface area contributed by atoms with Crippen molar-refractivity contribution in [3.63, 3.8) is 0 Å². The third-order valence-corrected chi connectivity index (χ3v) is 8.20. The van der Waals surface area contributed by atoms with Crippen LogP contribution in [0.3, 0.4) is 0 Å². The third-order valence-electron chi connectivity index (χ3n) is 4.44. The van der Waals surface area contributed by atoms with Gasteiger partial charge in [0.05, 0.1) is 0 Å². The Morgan fingerprint density at radius 2 is 0.960 bits per heavy atom. The Kier molecular flexibility index (Phi) is 8.11. The van der Waals surface area contributed by atoms with Gasteiger partial charge in [-0.2, -0.15) is 0 Å². The lowest BCUT2D eigenvalue weighted by molar-refractivity contribution is -0.163. The predicted molar refractivity (Wildman–Crippen MR) is 117 cm³/mol. The lowest BCUT2D eigenvalue weighted by Crippen LogP contribution is -2.54. The maximum Gasteiger partial charge on any atom is 0.214 e. The molecule has 0 amide bonds. The van der Waals surface area contributed by atoms with Gasteiger partial charge in [-0.05, 0) is 37.0 Å². The molecule has 0 atom stereocenters. The first-order valence-electron chi connectivity index (χ1n) is 9.02. The minimum absolute atomic E-state index is 0.117. The second kappa shape index (κ2) is 8.34. The summed E-state index contributed by atoms with van der Waals surface area (Å²) in [5.74, 6) is -0.719. The summed E-state index contributed by atoms with van der Waals surface area (Å²) < 4.78 is 13.6. The molecule has 0 bridgehead atoms. The summed E-state index contributed by atoms with van der Waals surface area (Å²) in [5, 5.41) is 0. The molecule has 0 N–H and O–H groups in total. The summed E-state index contributed by atoms with van der Waals surface area (Å²) in [5.41, 5.74) is 3.70. The zero-order valence-electron chi connectivity index (χ0n) is 17.9. The first-order chi connectivity index (χ1) is 11.1. The van der Waals surface area contributed by atoms with Crippen LogP contribution in [0.4, 0.5) is 0 Å². The number of rotatable bonds is 12. The number of allylic oxidation sites excluding steroid dienone is 2. The average molecular weight is 381 g/mol. The molecule has 0 aliphatic heterocycles.